The van der Waals surface area contributed by atoms with E-state index >= 15 is 0 Å². The molecule has 1 fully saturated rings. The van der Waals surface area contributed by atoms with Gasteiger partial charge in [0.15, 0.2) is 0 Å². The van der Waals surface area contributed by atoms with Crippen LogP contribution in [0.2, 0.25) is 0 Å². The number of nitrogens with zero attached hydrogens (tertiary/aromatic N) is 1. The number of benzene rings is 2. The molecule has 1 aliphatic heterocycles. The number of rotatable bonds is 4. The molecule has 1 saturated heterocycles. The minimum absolute atomic E-state index is 0.109. The number of anilines is 1. The molecule has 24 heavy (non-hydrogen) atoms. The van der Waals surface area contributed by atoms with E-state index in [0.717, 1.165) is 16.8 Å². The van der Waals surface area contributed by atoms with Crippen molar-refractivity contribution in [1.29, 1.82) is 0 Å². The van der Waals surface area contributed by atoms with E-state index in [-0.39, 0.29) is 17.9 Å². The molecule has 0 aliphatic carbocycles. The molecule has 0 bridgehead atoms. The highest BCUT2D eigenvalue weighted by Crippen LogP contribution is 2.28. The van der Waals surface area contributed by atoms with Gasteiger partial charge >= 0.3 is 0 Å². The molecular formula is C20H22N2O2. The van der Waals surface area contributed by atoms with Crippen molar-refractivity contribution in [2.45, 2.75) is 26.3 Å². The second-order valence-electron chi connectivity index (χ2n) is 6.26. The maximum Gasteiger partial charge on any atom is 0.239 e. The Labute approximate surface area is 142 Å². The zero-order chi connectivity index (χ0) is 17.1. The van der Waals surface area contributed by atoms with Gasteiger partial charge in [0.1, 0.15) is 5.92 Å². The molecule has 1 N–H and O–H groups in total. The summed E-state index contributed by atoms with van der Waals surface area (Å²) in [6, 6.07) is 17.4. The summed E-state index contributed by atoms with van der Waals surface area (Å²) in [5.74, 6) is -0.898. The topological polar surface area (TPSA) is 49.4 Å². The maximum absolute atomic E-state index is 12.7. The Balaban J connectivity index is 1.69. The van der Waals surface area contributed by atoms with Crippen molar-refractivity contribution in [3.05, 3.63) is 65.7 Å². The average Bonchev–Trinajstić information content (AvgIpc) is 2.97. The molecule has 0 saturated carbocycles. The molecule has 124 valence electrons. The third kappa shape index (κ3) is 3.18. The van der Waals surface area contributed by atoms with Crippen LogP contribution in [0.1, 0.15) is 30.5 Å². The molecule has 3 rings (SSSR count). The lowest BCUT2D eigenvalue weighted by molar-refractivity contribution is -0.132. The van der Waals surface area contributed by atoms with E-state index in [4.69, 9.17) is 0 Å². The average molecular weight is 322 g/mol. The monoisotopic (exact) mass is 322 g/mol. The Kier molecular flexibility index (Phi) is 4.65. The quantitative estimate of drug-likeness (QED) is 0.879. The second-order valence-corrected chi connectivity index (χ2v) is 6.26. The molecule has 1 heterocycles. The van der Waals surface area contributed by atoms with Gasteiger partial charge in [-0.3, -0.25) is 9.59 Å². The van der Waals surface area contributed by atoms with E-state index in [9.17, 15) is 9.59 Å². The van der Waals surface area contributed by atoms with E-state index < -0.39 is 5.92 Å². The van der Waals surface area contributed by atoms with Crippen molar-refractivity contribution in [2.24, 2.45) is 5.92 Å². The van der Waals surface area contributed by atoms with Gasteiger partial charge in [0.2, 0.25) is 11.8 Å². The first kappa shape index (κ1) is 16.2. The first-order valence-electron chi connectivity index (χ1n) is 8.30. The van der Waals surface area contributed by atoms with E-state index in [1.54, 1.807) is 4.90 Å². The van der Waals surface area contributed by atoms with Crippen LogP contribution in [-0.4, -0.2) is 18.4 Å². The molecule has 0 radical (unpaired) electrons. The summed E-state index contributed by atoms with van der Waals surface area (Å²) in [6.07, 6.45) is 0.556. The fourth-order valence-electron chi connectivity index (χ4n) is 3.17. The van der Waals surface area contributed by atoms with Crippen LogP contribution in [0.5, 0.6) is 0 Å². The van der Waals surface area contributed by atoms with Gasteiger partial charge in [-0.2, -0.15) is 0 Å². The van der Waals surface area contributed by atoms with Crippen LogP contribution >= 0.6 is 0 Å². The Hall–Kier alpha value is -2.62. The van der Waals surface area contributed by atoms with Gasteiger partial charge in [-0.05, 0) is 37.5 Å². The summed E-state index contributed by atoms with van der Waals surface area (Å²) in [5.41, 5.74) is 2.98. The van der Waals surface area contributed by atoms with Gasteiger partial charge in [-0.15, -0.1) is 0 Å². The zero-order valence-electron chi connectivity index (χ0n) is 14.0. The lowest BCUT2D eigenvalue weighted by Crippen LogP contribution is -2.38. The van der Waals surface area contributed by atoms with Gasteiger partial charge in [-0.25, -0.2) is 0 Å². The van der Waals surface area contributed by atoms with Crippen LogP contribution in [0.3, 0.4) is 0 Å². The van der Waals surface area contributed by atoms with Crippen molar-refractivity contribution in [2.75, 3.05) is 11.4 Å². The standard InChI is InChI=1S/C20H22N2O2/c1-14-8-6-7-11-18(14)22-13-12-17(20(22)24)19(23)21-15(2)16-9-4-3-5-10-16/h3-11,15,17H,12-13H2,1-2H3,(H,21,23)/t15-,17+/m0/s1. The Morgan fingerprint density at radius 1 is 1.12 bits per heavy atom. The molecular weight excluding hydrogens is 300 g/mol. The summed E-state index contributed by atoms with van der Waals surface area (Å²) in [4.78, 5) is 27.0. The number of nitrogens with one attached hydrogen (secondary N) is 1. The van der Waals surface area contributed by atoms with Crippen molar-refractivity contribution in [3.8, 4) is 0 Å². The Bertz CT molecular complexity index is 742. The van der Waals surface area contributed by atoms with Crippen LogP contribution in [0.4, 0.5) is 5.69 Å². The van der Waals surface area contributed by atoms with Gasteiger partial charge in [0, 0.05) is 12.2 Å². The van der Waals surface area contributed by atoms with Crippen LogP contribution in [0.15, 0.2) is 54.6 Å². The molecule has 1 aliphatic rings. The number of para-hydroxylation sites is 1. The predicted molar refractivity (Wildman–Crippen MR) is 94.6 cm³/mol. The number of hydrogen-bond acceptors (Lipinski definition) is 2. The van der Waals surface area contributed by atoms with Gasteiger partial charge in [0.25, 0.3) is 0 Å². The van der Waals surface area contributed by atoms with Crippen LogP contribution in [0, 0.1) is 12.8 Å². The van der Waals surface area contributed by atoms with Crippen LogP contribution < -0.4 is 10.2 Å². The predicted octanol–water partition coefficient (Wildman–Crippen LogP) is 3.23. The fraction of sp³-hybridized carbons (Fsp3) is 0.300. The number of carbonyl (C=O) groups excluding carboxylic acids is 2. The van der Waals surface area contributed by atoms with Gasteiger partial charge in [0.05, 0.1) is 6.04 Å². The molecule has 0 aromatic heterocycles. The summed E-state index contributed by atoms with van der Waals surface area (Å²) in [7, 11) is 0. The highest BCUT2D eigenvalue weighted by molar-refractivity contribution is 6.10. The van der Waals surface area contributed by atoms with Crippen LogP contribution in [-0.2, 0) is 9.59 Å². The van der Waals surface area contributed by atoms with E-state index in [0.29, 0.717) is 13.0 Å². The maximum atomic E-state index is 12.7. The largest absolute Gasteiger partial charge is 0.349 e. The van der Waals surface area contributed by atoms with E-state index in [2.05, 4.69) is 5.32 Å². The Morgan fingerprint density at radius 2 is 1.79 bits per heavy atom. The number of amides is 2. The summed E-state index contributed by atoms with van der Waals surface area (Å²) in [6.45, 7) is 4.50. The molecule has 0 spiro atoms. The SMILES string of the molecule is Cc1ccccc1N1CC[C@H](C(=O)N[C@@H](C)c2ccccc2)C1=O. The molecule has 2 aromatic carbocycles. The minimum atomic E-state index is -0.601. The highest BCUT2D eigenvalue weighted by atomic mass is 16.2. The fourth-order valence-corrected chi connectivity index (χ4v) is 3.17. The molecule has 2 aromatic rings. The molecule has 0 unspecified atom stereocenters. The van der Waals surface area contributed by atoms with Crippen LogP contribution in [0.25, 0.3) is 0 Å². The normalized spacial score (nSPS) is 18.5. The lowest BCUT2D eigenvalue weighted by atomic mass is 10.0. The number of aryl methyl sites for hydroxylation is 1. The summed E-state index contributed by atoms with van der Waals surface area (Å²) in [5, 5.41) is 2.97. The number of carbonyl (C=O) groups is 2. The molecule has 2 amide bonds. The lowest BCUT2D eigenvalue weighted by Gasteiger charge is -2.20. The summed E-state index contributed by atoms with van der Waals surface area (Å²) >= 11 is 0. The van der Waals surface area contributed by atoms with E-state index in [1.165, 1.54) is 0 Å². The highest BCUT2D eigenvalue weighted by Gasteiger charge is 2.38. The Morgan fingerprint density at radius 3 is 2.50 bits per heavy atom. The number of hydrogen-bond donors (Lipinski definition) is 1. The third-order valence-corrected chi connectivity index (χ3v) is 4.59. The van der Waals surface area contributed by atoms with Gasteiger partial charge < -0.3 is 10.2 Å². The third-order valence-electron chi connectivity index (χ3n) is 4.59. The first-order chi connectivity index (χ1) is 11.6. The molecule has 4 nitrogen and oxygen atoms in total. The first-order valence-corrected chi connectivity index (χ1v) is 8.30. The smallest absolute Gasteiger partial charge is 0.239 e. The van der Waals surface area contributed by atoms with Crippen molar-refractivity contribution < 1.29 is 9.59 Å². The van der Waals surface area contributed by atoms with Crippen molar-refractivity contribution in [1.82, 2.24) is 5.32 Å². The minimum Gasteiger partial charge on any atom is -0.349 e. The summed E-state index contributed by atoms with van der Waals surface area (Å²) < 4.78 is 0. The molecule has 2 atom stereocenters. The van der Waals surface area contributed by atoms with Gasteiger partial charge in [-0.1, -0.05) is 48.5 Å². The van der Waals surface area contributed by atoms with E-state index in [1.807, 2.05) is 68.4 Å². The second kappa shape index (κ2) is 6.87. The zero-order valence-corrected chi connectivity index (χ0v) is 14.0. The van der Waals surface area contributed by atoms with Crippen molar-refractivity contribution >= 4 is 17.5 Å². The molecule has 4 heteroatoms. The van der Waals surface area contributed by atoms with Crippen molar-refractivity contribution in [3.63, 3.8) is 0 Å².